The van der Waals surface area contributed by atoms with Crippen LogP contribution in [0.25, 0.3) is 0 Å². The standard InChI is InChI=1S/C14H25N5O/c1-14(2,3)13-16-12(20-17-13)10-18-8-11(9-18)19-6-4-15-5-7-19/h11,15H,4-10H2,1-3H3. The largest absolute Gasteiger partial charge is 0.338 e. The van der Waals surface area contributed by atoms with Gasteiger partial charge in [0.05, 0.1) is 6.54 Å². The first-order chi connectivity index (χ1) is 9.52. The predicted molar refractivity (Wildman–Crippen MR) is 76.5 cm³/mol. The van der Waals surface area contributed by atoms with Crippen molar-refractivity contribution in [2.24, 2.45) is 0 Å². The minimum absolute atomic E-state index is 0.0416. The first kappa shape index (κ1) is 14.0. The fraction of sp³-hybridized carbons (Fsp3) is 0.857. The van der Waals surface area contributed by atoms with Gasteiger partial charge >= 0.3 is 0 Å². The van der Waals surface area contributed by atoms with Gasteiger partial charge in [-0.3, -0.25) is 9.80 Å². The molecular weight excluding hydrogens is 254 g/mol. The number of rotatable bonds is 3. The average molecular weight is 279 g/mol. The topological polar surface area (TPSA) is 57.4 Å². The number of nitrogens with one attached hydrogen (secondary N) is 1. The van der Waals surface area contributed by atoms with Crippen LogP contribution in [0.3, 0.4) is 0 Å². The summed E-state index contributed by atoms with van der Waals surface area (Å²) in [6.07, 6.45) is 0. The van der Waals surface area contributed by atoms with Gasteiger partial charge < -0.3 is 9.84 Å². The molecule has 2 fully saturated rings. The SMILES string of the molecule is CC(C)(C)c1noc(CN2CC(N3CCNCC3)C2)n1. The Balaban J connectivity index is 1.47. The molecule has 0 spiro atoms. The van der Waals surface area contributed by atoms with Crippen LogP contribution in [0.4, 0.5) is 0 Å². The van der Waals surface area contributed by atoms with Crippen molar-refractivity contribution >= 4 is 0 Å². The van der Waals surface area contributed by atoms with Crippen LogP contribution in [0.1, 0.15) is 32.5 Å². The van der Waals surface area contributed by atoms with Gasteiger partial charge in [-0.1, -0.05) is 25.9 Å². The number of hydrogen-bond donors (Lipinski definition) is 1. The summed E-state index contributed by atoms with van der Waals surface area (Å²) in [4.78, 5) is 9.46. The molecule has 1 N–H and O–H groups in total. The van der Waals surface area contributed by atoms with Crippen LogP contribution in [0.5, 0.6) is 0 Å². The third kappa shape index (κ3) is 3.02. The molecule has 2 saturated heterocycles. The highest BCUT2D eigenvalue weighted by molar-refractivity contribution is 5.01. The molecule has 6 heteroatoms. The predicted octanol–water partition coefficient (Wildman–Crippen LogP) is 0.457. The van der Waals surface area contributed by atoms with Crippen molar-refractivity contribution in [1.82, 2.24) is 25.3 Å². The second-order valence-corrected chi connectivity index (χ2v) is 6.90. The molecule has 1 aromatic rings. The number of hydrogen-bond acceptors (Lipinski definition) is 6. The third-order valence-corrected chi connectivity index (χ3v) is 4.10. The molecule has 0 radical (unpaired) electrons. The third-order valence-electron chi connectivity index (χ3n) is 4.10. The van der Waals surface area contributed by atoms with E-state index in [1.54, 1.807) is 0 Å². The normalized spacial score (nSPS) is 22.9. The van der Waals surface area contributed by atoms with Crippen molar-refractivity contribution in [3.63, 3.8) is 0 Å². The fourth-order valence-electron chi connectivity index (χ4n) is 2.76. The lowest BCUT2D eigenvalue weighted by molar-refractivity contribution is 0.0165. The first-order valence-corrected chi connectivity index (χ1v) is 7.52. The smallest absolute Gasteiger partial charge is 0.240 e. The van der Waals surface area contributed by atoms with Crippen LogP contribution >= 0.6 is 0 Å². The Kier molecular flexibility index (Phi) is 3.79. The lowest BCUT2D eigenvalue weighted by Crippen LogP contribution is -2.62. The molecule has 0 aliphatic carbocycles. The average Bonchev–Trinajstić information content (AvgIpc) is 2.83. The van der Waals surface area contributed by atoms with Crippen molar-refractivity contribution in [1.29, 1.82) is 0 Å². The quantitative estimate of drug-likeness (QED) is 0.867. The van der Waals surface area contributed by atoms with E-state index in [2.05, 4.69) is 46.0 Å². The van der Waals surface area contributed by atoms with Gasteiger partial charge in [-0.15, -0.1) is 0 Å². The summed E-state index contributed by atoms with van der Waals surface area (Å²) in [5, 5.41) is 7.47. The van der Waals surface area contributed by atoms with Crippen molar-refractivity contribution in [3.8, 4) is 0 Å². The maximum atomic E-state index is 5.35. The zero-order chi connectivity index (χ0) is 14.2. The van der Waals surface area contributed by atoms with E-state index >= 15 is 0 Å². The van der Waals surface area contributed by atoms with Gasteiger partial charge in [0.25, 0.3) is 0 Å². The molecule has 112 valence electrons. The Labute approximate surface area is 120 Å². The summed E-state index contributed by atoms with van der Waals surface area (Å²) in [6, 6.07) is 0.710. The molecular formula is C14H25N5O. The van der Waals surface area contributed by atoms with Crippen molar-refractivity contribution < 1.29 is 4.52 Å². The highest BCUT2D eigenvalue weighted by Crippen LogP contribution is 2.21. The van der Waals surface area contributed by atoms with Crippen LogP contribution < -0.4 is 5.32 Å². The first-order valence-electron chi connectivity index (χ1n) is 7.52. The van der Waals surface area contributed by atoms with Crippen molar-refractivity contribution in [3.05, 3.63) is 11.7 Å². The molecule has 0 amide bonds. The maximum absolute atomic E-state index is 5.35. The maximum Gasteiger partial charge on any atom is 0.240 e. The minimum Gasteiger partial charge on any atom is -0.338 e. The van der Waals surface area contributed by atoms with Crippen LogP contribution in [0.15, 0.2) is 4.52 Å². The zero-order valence-corrected chi connectivity index (χ0v) is 12.7. The summed E-state index contributed by atoms with van der Waals surface area (Å²) in [5.74, 6) is 1.54. The van der Waals surface area contributed by atoms with Gasteiger partial charge in [-0.25, -0.2) is 0 Å². The summed E-state index contributed by atoms with van der Waals surface area (Å²) in [6.45, 7) is 13.9. The van der Waals surface area contributed by atoms with E-state index in [1.165, 1.54) is 13.1 Å². The van der Waals surface area contributed by atoms with Gasteiger partial charge in [-0.2, -0.15) is 4.98 Å². The van der Waals surface area contributed by atoms with E-state index in [-0.39, 0.29) is 5.41 Å². The van der Waals surface area contributed by atoms with E-state index in [1.807, 2.05) is 0 Å². The van der Waals surface area contributed by atoms with E-state index < -0.39 is 0 Å². The molecule has 0 aromatic carbocycles. The molecule has 2 aliphatic heterocycles. The Morgan fingerprint density at radius 2 is 1.95 bits per heavy atom. The molecule has 1 aromatic heterocycles. The second kappa shape index (κ2) is 5.42. The summed E-state index contributed by atoms with van der Waals surface area (Å²) >= 11 is 0. The molecule has 0 bridgehead atoms. The highest BCUT2D eigenvalue weighted by Gasteiger charge is 2.33. The molecule has 2 aliphatic rings. The minimum atomic E-state index is -0.0416. The highest BCUT2D eigenvalue weighted by atomic mass is 16.5. The van der Waals surface area contributed by atoms with Gasteiger partial charge in [-0.05, 0) is 0 Å². The number of likely N-dealkylation sites (tertiary alicyclic amines) is 1. The number of aromatic nitrogens is 2. The van der Waals surface area contributed by atoms with Crippen molar-refractivity contribution in [2.75, 3.05) is 39.3 Å². The summed E-state index contributed by atoms with van der Waals surface area (Å²) in [7, 11) is 0. The molecule has 3 rings (SSSR count). The molecule has 3 heterocycles. The van der Waals surface area contributed by atoms with E-state index in [4.69, 9.17) is 4.52 Å². The number of piperazine rings is 1. The van der Waals surface area contributed by atoms with Crippen LogP contribution in [-0.4, -0.2) is 65.3 Å². The summed E-state index contributed by atoms with van der Waals surface area (Å²) < 4.78 is 5.35. The molecule has 6 nitrogen and oxygen atoms in total. The van der Waals surface area contributed by atoms with E-state index in [0.717, 1.165) is 44.4 Å². The van der Waals surface area contributed by atoms with Crippen LogP contribution in [0.2, 0.25) is 0 Å². The van der Waals surface area contributed by atoms with Crippen LogP contribution in [-0.2, 0) is 12.0 Å². The van der Waals surface area contributed by atoms with Crippen molar-refractivity contribution in [2.45, 2.75) is 38.8 Å². The van der Waals surface area contributed by atoms with Gasteiger partial charge in [0, 0.05) is 50.7 Å². The van der Waals surface area contributed by atoms with E-state index in [9.17, 15) is 0 Å². The second-order valence-electron chi connectivity index (χ2n) is 6.90. The van der Waals surface area contributed by atoms with Gasteiger partial charge in [0.2, 0.25) is 5.89 Å². The Hall–Kier alpha value is -0.980. The molecule has 20 heavy (non-hydrogen) atoms. The lowest BCUT2D eigenvalue weighted by atomic mass is 9.96. The molecule has 0 atom stereocenters. The monoisotopic (exact) mass is 279 g/mol. The fourth-order valence-corrected chi connectivity index (χ4v) is 2.76. The Morgan fingerprint density at radius 1 is 1.25 bits per heavy atom. The Bertz CT molecular complexity index is 441. The summed E-state index contributed by atoms with van der Waals surface area (Å²) in [5.41, 5.74) is -0.0416. The number of nitrogens with zero attached hydrogens (tertiary/aromatic N) is 4. The van der Waals surface area contributed by atoms with Gasteiger partial charge in [0.1, 0.15) is 0 Å². The molecule has 0 saturated carbocycles. The lowest BCUT2D eigenvalue weighted by Gasteiger charge is -2.46. The zero-order valence-electron chi connectivity index (χ0n) is 12.7. The van der Waals surface area contributed by atoms with Gasteiger partial charge in [0.15, 0.2) is 5.82 Å². The molecule has 0 unspecified atom stereocenters. The Morgan fingerprint density at radius 3 is 2.55 bits per heavy atom. The van der Waals surface area contributed by atoms with E-state index in [0.29, 0.717) is 6.04 Å². The van der Waals surface area contributed by atoms with Crippen LogP contribution in [0, 0.1) is 0 Å².